The first-order valence-corrected chi connectivity index (χ1v) is 16.2. The van der Waals surface area contributed by atoms with Crippen molar-refractivity contribution in [2.75, 3.05) is 12.3 Å². The van der Waals surface area contributed by atoms with Crippen molar-refractivity contribution < 1.29 is 69.5 Å². The number of nitrogens with zero attached hydrogens (tertiary/aromatic N) is 1. The second-order valence-electron chi connectivity index (χ2n) is 10.1. The van der Waals surface area contributed by atoms with Crippen molar-refractivity contribution in [3.05, 3.63) is 0 Å². The SMILES string of the molecule is CCCCCCCCCCCCCCCCCCCCCCCC([O-])=NCCCCS(=O)(=O)O.[K+]. The summed E-state index contributed by atoms with van der Waals surface area (Å²) in [6.07, 6.45) is 29.7. The molecule has 0 aromatic heterocycles. The van der Waals surface area contributed by atoms with Crippen LogP contribution in [0.15, 0.2) is 4.99 Å². The molecule has 0 saturated heterocycles. The summed E-state index contributed by atoms with van der Waals surface area (Å²) in [5, 5.41) is 11.7. The molecular weight excluding hydrogens is 485 g/mol. The molecule has 0 aliphatic rings. The fourth-order valence-electron chi connectivity index (χ4n) is 4.39. The van der Waals surface area contributed by atoms with Gasteiger partial charge in [0.2, 0.25) is 0 Å². The summed E-state index contributed by atoms with van der Waals surface area (Å²) in [4.78, 5) is 3.95. The van der Waals surface area contributed by atoms with Crippen LogP contribution in [0.5, 0.6) is 0 Å². The fourth-order valence-corrected chi connectivity index (χ4v) is 4.96. The zero-order valence-corrected chi connectivity index (χ0v) is 27.4. The van der Waals surface area contributed by atoms with Gasteiger partial charge >= 0.3 is 51.4 Å². The van der Waals surface area contributed by atoms with E-state index < -0.39 is 10.1 Å². The Morgan fingerprint density at radius 2 is 0.943 bits per heavy atom. The van der Waals surface area contributed by atoms with Gasteiger partial charge in [0.05, 0.1) is 5.75 Å². The van der Waals surface area contributed by atoms with Gasteiger partial charge in [-0.25, -0.2) is 0 Å². The quantitative estimate of drug-likeness (QED) is 0.0520. The molecule has 5 nitrogen and oxygen atoms in total. The van der Waals surface area contributed by atoms with Crippen LogP contribution in [0, 0.1) is 0 Å². The smallest absolute Gasteiger partial charge is 0.862 e. The van der Waals surface area contributed by atoms with Gasteiger partial charge in [-0.3, -0.25) is 4.55 Å². The maximum Gasteiger partial charge on any atom is 1.00 e. The monoisotopic (exact) mass is 541 g/mol. The van der Waals surface area contributed by atoms with Crippen LogP contribution in [-0.4, -0.2) is 31.2 Å². The van der Waals surface area contributed by atoms with Crippen molar-refractivity contribution >= 4 is 16.0 Å². The first-order valence-electron chi connectivity index (χ1n) is 14.6. The van der Waals surface area contributed by atoms with E-state index in [4.69, 9.17) is 4.55 Å². The van der Waals surface area contributed by atoms with Gasteiger partial charge in [-0.15, -0.1) is 0 Å². The van der Waals surface area contributed by atoms with Gasteiger partial charge in [-0.1, -0.05) is 135 Å². The molecule has 204 valence electrons. The van der Waals surface area contributed by atoms with E-state index in [-0.39, 0.29) is 63.0 Å². The Morgan fingerprint density at radius 3 is 1.29 bits per heavy atom. The molecule has 0 heterocycles. The van der Waals surface area contributed by atoms with E-state index in [0.29, 0.717) is 25.8 Å². The molecular formula is C28H56KNO4S. The Morgan fingerprint density at radius 1 is 0.600 bits per heavy atom. The standard InChI is InChI=1S/C28H57NO4S.K/c1-2-3-4-5-6-7-8-9-10-11-12-13-14-15-16-17-18-19-20-21-22-25-28(30)29-26-23-24-27-34(31,32)33;/h2-27H2,1H3,(H,29,30)(H,31,32,33);/q;+1/p-1. The Kier molecular flexibility index (Phi) is 32.2. The number of hydrogen-bond acceptors (Lipinski definition) is 4. The molecule has 0 saturated carbocycles. The van der Waals surface area contributed by atoms with Crippen molar-refractivity contribution in [2.24, 2.45) is 4.99 Å². The van der Waals surface area contributed by atoms with Gasteiger partial charge in [0.15, 0.2) is 0 Å². The van der Waals surface area contributed by atoms with Crippen LogP contribution in [0.2, 0.25) is 0 Å². The second kappa shape index (κ2) is 29.6. The molecule has 0 aromatic carbocycles. The third-order valence-corrected chi connectivity index (χ3v) is 7.40. The van der Waals surface area contributed by atoms with E-state index in [2.05, 4.69) is 11.9 Å². The zero-order chi connectivity index (χ0) is 25.2. The molecule has 0 unspecified atom stereocenters. The predicted molar refractivity (Wildman–Crippen MR) is 145 cm³/mol. The number of aliphatic imine (C=N–C) groups is 1. The molecule has 35 heavy (non-hydrogen) atoms. The van der Waals surface area contributed by atoms with Gasteiger partial charge in [0.1, 0.15) is 0 Å². The molecule has 0 radical (unpaired) electrons. The Bertz CT molecular complexity index is 555. The number of unbranched alkanes of at least 4 members (excludes halogenated alkanes) is 21. The maximum atomic E-state index is 11.7. The molecule has 0 amide bonds. The molecule has 0 rings (SSSR count). The van der Waals surface area contributed by atoms with Crippen LogP contribution in [0.25, 0.3) is 0 Å². The van der Waals surface area contributed by atoms with Crippen molar-refractivity contribution in [1.29, 1.82) is 0 Å². The molecule has 0 spiro atoms. The normalized spacial score (nSPS) is 12.1. The first-order chi connectivity index (χ1) is 16.5. The van der Waals surface area contributed by atoms with Gasteiger partial charge in [-0.05, 0) is 31.6 Å². The summed E-state index contributed by atoms with van der Waals surface area (Å²) >= 11 is 0. The van der Waals surface area contributed by atoms with Gasteiger partial charge in [0, 0.05) is 6.54 Å². The molecule has 0 aromatic rings. The summed E-state index contributed by atoms with van der Waals surface area (Å²) in [5.74, 6) is -0.333. The average molecular weight is 542 g/mol. The molecule has 0 fully saturated rings. The van der Waals surface area contributed by atoms with E-state index >= 15 is 0 Å². The summed E-state index contributed by atoms with van der Waals surface area (Å²) in [7, 11) is -3.89. The summed E-state index contributed by atoms with van der Waals surface area (Å²) in [5.41, 5.74) is 0. The summed E-state index contributed by atoms with van der Waals surface area (Å²) in [6, 6.07) is 0. The van der Waals surface area contributed by atoms with Crippen LogP contribution in [0.1, 0.15) is 161 Å². The van der Waals surface area contributed by atoms with Crippen LogP contribution in [0.3, 0.4) is 0 Å². The first kappa shape index (κ1) is 38.2. The maximum absolute atomic E-state index is 11.7. The largest absolute Gasteiger partial charge is 1.00 e. The molecule has 0 aliphatic carbocycles. The molecule has 0 atom stereocenters. The topological polar surface area (TPSA) is 89.8 Å². The van der Waals surface area contributed by atoms with Gasteiger partial charge in [0.25, 0.3) is 10.1 Å². The van der Waals surface area contributed by atoms with Gasteiger partial charge < -0.3 is 10.1 Å². The molecule has 7 heteroatoms. The minimum absolute atomic E-state index is 0. The van der Waals surface area contributed by atoms with Crippen molar-refractivity contribution in [2.45, 2.75) is 161 Å². The third-order valence-electron chi connectivity index (χ3n) is 6.59. The van der Waals surface area contributed by atoms with E-state index in [1.54, 1.807) is 0 Å². The van der Waals surface area contributed by atoms with Crippen LogP contribution in [-0.2, 0) is 10.1 Å². The van der Waals surface area contributed by atoms with Gasteiger partial charge in [-0.2, -0.15) is 8.42 Å². The number of hydrogen-bond donors (Lipinski definition) is 1. The van der Waals surface area contributed by atoms with E-state index in [1.807, 2.05) is 0 Å². The van der Waals surface area contributed by atoms with Crippen molar-refractivity contribution in [1.82, 2.24) is 0 Å². The minimum Gasteiger partial charge on any atom is -0.862 e. The zero-order valence-electron chi connectivity index (χ0n) is 23.4. The average Bonchev–Trinajstić information content (AvgIpc) is 2.79. The van der Waals surface area contributed by atoms with Crippen LogP contribution >= 0.6 is 0 Å². The van der Waals surface area contributed by atoms with E-state index in [9.17, 15) is 13.5 Å². The fraction of sp³-hybridized carbons (Fsp3) is 0.964. The second-order valence-corrected chi connectivity index (χ2v) is 11.7. The Labute approximate surface area is 261 Å². The van der Waals surface area contributed by atoms with Crippen LogP contribution in [0.4, 0.5) is 0 Å². The van der Waals surface area contributed by atoms with E-state index in [0.717, 1.165) is 12.8 Å². The Balaban J connectivity index is 0. The molecule has 1 N–H and O–H groups in total. The summed E-state index contributed by atoms with van der Waals surface area (Å²) < 4.78 is 29.8. The van der Waals surface area contributed by atoms with Crippen molar-refractivity contribution in [3.63, 3.8) is 0 Å². The molecule has 0 aliphatic heterocycles. The van der Waals surface area contributed by atoms with Crippen LogP contribution < -0.4 is 56.5 Å². The van der Waals surface area contributed by atoms with E-state index in [1.165, 1.54) is 122 Å². The predicted octanol–water partition coefficient (Wildman–Crippen LogP) is 5.02. The third kappa shape index (κ3) is 35.0. The van der Waals surface area contributed by atoms with Crippen molar-refractivity contribution in [3.8, 4) is 0 Å². The minimum atomic E-state index is -3.89. The molecule has 0 bridgehead atoms. The summed E-state index contributed by atoms with van der Waals surface area (Å²) in [6.45, 7) is 2.64. The Hall–Kier alpha value is 1.02. The number of rotatable bonds is 27.